The first-order valence-corrected chi connectivity index (χ1v) is 11.4. The summed E-state index contributed by atoms with van der Waals surface area (Å²) in [6.07, 6.45) is 2.49. The van der Waals surface area contributed by atoms with Gasteiger partial charge < -0.3 is 9.47 Å². The van der Waals surface area contributed by atoms with Gasteiger partial charge in [0.05, 0.1) is 17.2 Å². The monoisotopic (exact) mass is 284 g/mol. The van der Waals surface area contributed by atoms with Crippen molar-refractivity contribution in [1.82, 2.24) is 0 Å². The zero-order valence-corrected chi connectivity index (χ0v) is 12.4. The summed E-state index contributed by atoms with van der Waals surface area (Å²) in [6.45, 7) is 4.69. The van der Waals surface area contributed by atoms with Gasteiger partial charge in [0.25, 0.3) is 0 Å². The van der Waals surface area contributed by atoms with E-state index in [0.717, 1.165) is 19.2 Å². The standard InChI is InChI=1S/C9H17O2PS3/c1-9(2)10-7-8(11-9)3-4-12(13)14-5-6-15-12/h8H,3-7H2,1-2H3/t8-/m0/s1. The van der Waals surface area contributed by atoms with Crippen LogP contribution in [0.3, 0.4) is 0 Å². The second-order valence-electron chi connectivity index (χ2n) is 4.24. The molecule has 6 heteroatoms. The fourth-order valence-corrected chi connectivity index (χ4v) is 12.1. The van der Waals surface area contributed by atoms with Crippen LogP contribution in [-0.4, -0.2) is 36.2 Å². The Bertz CT molecular complexity index is 273. The van der Waals surface area contributed by atoms with Crippen LogP contribution in [0.4, 0.5) is 0 Å². The first kappa shape index (κ1) is 12.7. The molecule has 2 aliphatic heterocycles. The van der Waals surface area contributed by atoms with Crippen molar-refractivity contribution in [2.75, 3.05) is 24.3 Å². The minimum atomic E-state index is -1.13. The SMILES string of the molecule is CC1(C)OC[C@H](CCP2(=S)SCCS2)O1. The van der Waals surface area contributed by atoms with Gasteiger partial charge in [-0.15, -0.1) is 22.8 Å². The van der Waals surface area contributed by atoms with Gasteiger partial charge in [0.1, 0.15) is 0 Å². The van der Waals surface area contributed by atoms with Crippen molar-refractivity contribution in [1.29, 1.82) is 0 Å². The van der Waals surface area contributed by atoms with Crippen LogP contribution in [-0.2, 0) is 21.3 Å². The van der Waals surface area contributed by atoms with Crippen LogP contribution in [0.15, 0.2) is 0 Å². The Labute approximate surface area is 105 Å². The Balaban J connectivity index is 1.77. The predicted octanol–water partition coefficient (Wildman–Crippen LogP) is 3.32. The zero-order valence-electron chi connectivity index (χ0n) is 9.10. The van der Waals surface area contributed by atoms with Gasteiger partial charge in [0.2, 0.25) is 0 Å². The third-order valence-electron chi connectivity index (χ3n) is 2.45. The van der Waals surface area contributed by atoms with Crippen molar-refractivity contribution in [2.24, 2.45) is 0 Å². The summed E-state index contributed by atoms with van der Waals surface area (Å²) in [5.41, 5.74) is 0. The van der Waals surface area contributed by atoms with Gasteiger partial charge in [-0.1, -0.05) is 11.8 Å². The van der Waals surface area contributed by atoms with E-state index in [9.17, 15) is 0 Å². The quantitative estimate of drug-likeness (QED) is 0.738. The van der Waals surface area contributed by atoms with E-state index in [1.807, 2.05) is 36.6 Å². The van der Waals surface area contributed by atoms with Crippen molar-refractivity contribution in [3.8, 4) is 0 Å². The molecule has 2 saturated heterocycles. The molecule has 0 saturated carbocycles. The molecular formula is C9H17O2PS3. The third kappa shape index (κ3) is 3.62. The highest BCUT2D eigenvalue weighted by atomic mass is 33.2. The molecule has 15 heavy (non-hydrogen) atoms. The average Bonchev–Trinajstić information content (AvgIpc) is 2.70. The van der Waals surface area contributed by atoms with Crippen molar-refractivity contribution in [3.05, 3.63) is 0 Å². The van der Waals surface area contributed by atoms with E-state index in [4.69, 9.17) is 21.3 Å². The minimum Gasteiger partial charge on any atom is -0.348 e. The first-order chi connectivity index (χ1) is 6.99. The maximum Gasteiger partial charge on any atom is 0.163 e. The van der Waals surface area contributed by atoms with Gasteiger partial charge in [0.15, 0.2) is 5.79 Å². The van der Waals surface area contributed by atoms with Crippen LogP contribution in [0.2, 0.25) is 0 Å². The molecule has 0 bridgehead atoms. The van der Waals surface area contributed by atoms with Crippen molar-refractivity contribution < 1.29 is 9.47 Å². The smallest absolute Gasteiger partial charge is 0.163 e. The van der Waals surface area contributed by atoms with Crippen LogP contribution >= 0.6 is 27.2 Å². The highest BCUT2D eigenvalue weighted by molar-refractivity contribution is 9.01. The fraction of sp³-hybridized carbons (Fsp3) is 1.00. The molecule has 0 N–H and O–H groups in total. The van der Waals surface area contributed by atoms with E-state index >= 15 is 0 Å². The Hall–Kier alpha value is 1.27. The molecule has 2 heterocycles. The maximum absolute atomic E-state index is 5.78. The molecule has 2 rings (SSSR count). The topological polar surface area (TPSA) is 18.5 Å². The lowest BCUT2D eigenvalue weighted by Gasteiger charge is -2.18. The van der Waals surface area contributed by atoms with Gasteiger partial charge in [-0.2, -0.15) is 0 Å². The normalized spacial score (nSPS) is 33.3. The second kappa shape index (κ2) is 4.87. The van der Waals surface area contributed by atoms with Crippen LogP contribution in [0.1, 0.15) is 20.3 Å². The zero-order chi connectivity index (χ0) is 10.9. The molecule has 0 aromatic heterocycles. The van der Waals surface area contributed by atoms with E-state index in [1.54, 1.807) is 0 Å². The predicted molar refractivity (Wildman–Crippen MR) is 73.6 cm³/mol. The van der Waals surface area contributed by atoms with E-state index < -0.39 is 4.44 Å². The van der Waals surface area contributed by atoms with Crippen LogP contribution < -0.4 is 0 Å². The average molecular weight is 284 g/mol. The van der Waals surface area contributed by atoms with Crippen molar-refractivity contribution in [2.45, 2.75) is 32.2 Å². The van der Waals surface area contributed by atoms with E-state index in [2.05, 4.69) is 0 Å². The summed E-state index contributed by atoms with van der Waals surface area (Å²) in [4.78, 5) is 0. The van der Waals surface area contributed by atoms with Crippen molar-refractivity contribution >= 4 is 39.0 Å². The largest absolute Gasteiger partial charge is 0.348 e. The number of rotatable bonds is 3. The number of hydrogen-bond donors (Lipinski definition) is 0. The van der Waals surface area contributed by atoms with Crippen LogP contribution in [0, 0.1) is 0 Å². The number of ether oxygens (including phenoxy) is 2. The molecule has 2 nitrogen and oxygen atoms in total. The van der Waals surface area contributed by atoms with Gasteiger partial charge in [0, 0.05) is 11.5 Å². The summed E-state index contributed by atoms with van der Waals surface area (Å²) < 4.78 is 10.2. The lowest BCUT2D eigenvalue weighted by Crippen LogP contribution is -2.21. The summed E-state index contributed by atoms with van der Waals surface area (Å²) in [5, 5.41) is 0. The van der Waals surface area contributed by atoms with Crippen LogP contribution in [0.5, 0.6) is 0 Å². The molecule has 0 aromatic carbocycles. The molecule has 0 unspecified atom stereocenters. The summed E-state index contributed by atoms with van der Waals surface area (Å²) in [6, 6.07) is 0. The molecule has 88 valence electrons. The lowest BCUT2D eigenvalue weighted by molar-refractivity contribution is -0.138. The molecule has 0 aromatic rings. The Kier molecular flexibility index (Phi) is 4.13. The third-order valence-corrected chi connectivity index (χ3v) is 14.0. The molecule has 0 spiro atoms. The van der Waals surface area contributed by atoms with E-state index in [0.29, 0.717) is 0 Å². The molecule has 0 amide bonds. The fourth-order valence-electron chi connectivity index (χ4n) is 1.73. The first-order valence-electron chi connectivity index (χ1n) is 5.19. The summed E-state index contributed by atoms with van der Waals surface area (Å²) >= 11 is 9.74. The maximum atomic E-state index is 5.78. The summed E-state index contributed by atoms with van der Waals surface area (Å²) in [7, 11) is 0. The van der Waals surface area contributed by atoms with Gasteiger partial charge in [-0.3, -0.25) is 0 Å². The molecule has 0 radical (unpaired) electrons. The Morgan fingerprint density at radius 3 is 2.60 bits per heavy atom. The molecule has 0 aliphatic carbocycles. The Morgan fingerprint density at radius 1 is 1.40 bits per heavy atom. The van der Waals surface area contributed by atoms with E-state index in [1.165, 1.54) is 11.5 Å². The minimum absolute atomic E-state index is 0.265. The van der Waals surface area contributed by atoms with Gasteiger partial charge in [-0.05, 0) is 26.4 Å². The summed E-state index contributed by atoms with van der Waals surface area (Å²) in [5.74, 6) is 2.11. The molecule has 2 aliphatic rings. The van der Waals surface area contributed by atoms with Gasteiger partial charge in [-0.25, -0.2) is 0 Å². The highest BCUT2D eigenvalue weighted by Gasteiger charge is 2.34. The van der Waals surface area contributed by atoms with Gasteiger partial charge >= 0.3 is 0 Å². The highest BCUT2D eigenvalue weighted by Crippen LogP contribution is 2.73. The molecule has 2 fully saturated rings. The number of hydrogen-bond acceptors (Lipinski definition) is 5. The van der Waals surface area contributed by atoms with Crippen molar-refractivity contribution in [3.63, 3.8) is 0 Å². The molecule has 1 atom stereocenters. The second-order valence-corrected chi connectivity index (χ2v) is 16.5. The molecular weight excluding hydrogens is 267 g/mol. The lowest BCUT2D eigenvalue weighted by atomic mass is 10.3. The van der Waals surface area contributed by atoms with Crippen LogP contribution in [0.25, 0.3) is 0 Å². The Morgan fingerprint density at radius 2 is 2.07 bits per heavy atom. The van der Waals surface area contributed by atoms with E-state index in [-0.39, 0.29) is 11.9 Å².